The van der Waals surface area contributed by atoms with Crippen LogP contribution in [-0.4, -0.2) is 22.5 Å². The number of ether oxygens (including phenoxy) is 1. The number of benzene rings is 1. The van der Waals surface area contributed by atoms with E-state index in [-0.39, 0.29) is 24.2 Å². The molecule has 0 unspecified atom stereocenters. The molecule has 8 heteroatoms. The van der Waals surface area contributed by atoms with E-state index in [0.717, 1.165) is 5.56 Å². The summed E-state index contributed by atoms with van der Waals surface area (Å²) in [6, 6.07) is 7.44. The number of H-pyrrole nitrogens is 1. The SMILES string of the molecule is CCOC(=O)c1sc2nc([C@H](C)N[C@H](C)c3ccc(Cl)cc3)[nH]c(=O)c2c1C. The standard InChI is InChI=1S/C20H22ClN3O3S/c1-5-27-20(26)16-10(2)15-18(25)23-17(24-19(15)28-16)12(4)22-11(3)13-6-8-14(21)9-7-13/h6-9,11-12,22H,5H2,1-4H3,(H,23,24,25)/t11-,12+/m1/s1. The predicted octanol–water partition coefficient (Wildman–Crippen LogP) is 4.53. The lowest BCUT2D eigenvalue weighted by atomic mass is 10.1. The number of fused-ring (bicyclic) bond motifs is 1. The van der Waals surface area contributed by atoms with E-state index in [2.05, 4.69) is 15.3 Å². The van der Waals surface area contributed by atoms with Crippen LogP contribution in [0.15, 0.2) is 29.1 Å². The molecule has 0 spiro atoms. The fourth-order valence-electron chi connectivity index (χ4n) is 3.06. The van der Waals surface area contributed by atoms with Gasteiger partial charge in [-0.3, -0.25) is 4.79 Å². The van der Waals surface area contributed by atoms with Gasteiger partial charge in [0.15, 0.2) is 0 Å². The first kappa shape index (κ1) is 20.5. The number of hydrogen-bond acceptors (Lipinski definition) is 6. The molecule has 2 aromatic heterocycles. The second kappa shape index (κ2) is 8.43. The Bertz CT molecular complexity index is 1060. The molecule has 0 radical (unpaired) electrons. The van der Waals surface area contributed by atoms with Crippen molar-refractivity contribution in [3.63, 3.8) is 0 Å². The molecule has 6 nitrogen and oxygen atoms in total. The zero-order chi connectivity index (χ0) is 20.4. The number of hydrogen-bond donors (Lipinski definition) is 2. The van der Waals surface area contributed by atoms with E-state index in [1.54, 1.807) is 13.8 Å². The minimum absolute atomic E-state index is 0.0356. The molecule has 2 atom stereocenters. The summed E-state index contributed by atoms with van der Waals surface area (Å²) in [5.41, 5.74) is 1.43. The molecule has 28 heavy (non-hydrogen) atoms. The zero-order valence-corrected chi connectivity index (χ0v) is 17.7. The van der Waals surface area contributed by atoms with Crippen LogP contribution in [-0.2, 0) is 4.74 Å². The van der Waals surface area contributed by atoms with Gasteiger partial charge in [0.05, 0.1) is 18.0 Å². The van der Waals surface area contributed by atoms with E-state index in [0.29, 0.717) is 31.5 Å². The van der Waals surface area contributed by atoms with Crippen molar-refractivity contribution < 1.29 is 9.53 Å². The van der Waals surface area contributed by atoms with Crippen molar-refractivity contribution in [3.05, 3.63) is 61.5 Å². The van der Waals surface area contributed by atoms with Gasteiger partial charge in [-0.1, -0.05) is 23.7 Å². The molecule has 148 valence electrons. The third-order valence-electron chi connectivity index (χ3n) is 4.56. The van der Waals surface area contributed by atoms with Gasteiger partial charge in [0.2, 0.25) is 0 Å². The van der Waals surface area contributed by atoms with Gasteiger partial charge in [0, 0.05) is 11.1 Å². The second-order valence-corrected chi connectivity index (χ2v) is 8.01. The Hall–Kier alpha value is -2.22. The van der Waals surface area contributed by atoms with Crippen molar-refractivity contribution in [2.24, 2.45) is 0 Å². The molecule has 0 amide bonds. The van der Waals surface area contributed by atoms with E-state index >= 15 is 0 Å². The number of thiophene rings is 1. The van der Waals surface area contributed by atoms with Crippen molar-refractivity contribution in [1.29, 1.82) is 0 Å². The van der Waals surface area contributed by atoms with Crippen LogP contribution in [0, 0.1) is 6.92 Å². The molecule has 0 aliphatic carbocycles. The highest BCUT2D eigenvalue weighted by molar-refractivity contribution is 7.20. The van der Waals surface area contributed by atoms with Crippen LogP contribution in [0.4, 0.5) is 0 Å². The molecule has 3 rings (SSSR count). The third-order valence-corrected chi connectivity index (χ3v) is 5.98. The Morgan fingerprint density at radius 1 is 1.29 bits per heavy atom. The van der Waals surface area contributed by atoms with Crippen LogP contribution in [0.3, 0.4) is 0 Å². The molecule has 0 saturated carbocycles. The third kappa shape index (κ3) is 4.11. The summed E-state index contributed by atoms with van der Waals surface area (Å²) in [6.45, 7) is 7.74. The molecule has 1 aromatic carbocycles. The summed E-state index contributed by atoms with van der Waals surface area (Å²) >= 11 is 7.13. The van der Waals surface area contributed by atoms with Crippen LogP contribution < -0.4 is 10.9 Å². The summed E-state index contributed by atoms with van der Waals surface area (Å²) in [7, 11) is 0. The predicted molar refractivity (Wildman–Crippen MR) is 112 cm³/mol. The Balaban J connectivity index is 1.89. The van der Waals surface area contributed by atoms with E-state index in [4.69, 9.17) is 16.3 Å². The van der Waals surface area contributed by atoms with Gasteiger partial charge in [0.25, 0.3) is 5.56 Å². The number of carbonyl (C=O) groups is 1. The first-order valence-electron chi connectivity index (χ1n) is 9.03. The fourth-order valence-corrected chi connectivity index (χ4v) is 4.27. The maximum Gasteiger partial charge on any atom is 0.348 e. The average molecular weight is 420 g/mol. The van der Waals surface area contributed by atoms with E-state index < -0.39 is 5.97 Å². The summed E-state index contributed by atoms with van der Waals surface area (Å²) in [5.74, 6) is 0.0986. The van der Waals surface area contributed by atoms with Crippen LogP contribution in [0.2, 0.25) is 5.02 Å². The molecule has 0 saturated heterocycles. The molecular weight excluding hydrogens is 398 g/mol. The summed E-state index contributed by atoms with van der Waals surface area (Å²) in [6.07, 6.45) is 0. The monoisotopic (exact) mass is 419 g/mol. The van der Waals surface area contributed by atoms with Crippen molar-refractivity contribution in [2.75, 3.05) is 6.61 Å². The number of esters is 1. The highest BCUT2D eigenvalue weighted by Gasteiger charge is 2.21. The van der Waals surface area contributed by atoms with E-state index in [1.807, 2.05) is 38.1 Å². The number of aromatic nitrogens is 2. The van der Waals surface area contributed by atoms with E-state index in [1.165, 1.54) is 11.3 Å². The zero-order valence-electron chi connectivity index (χ0n) is 16.1. The van der Waals surface area contributed by atoms with Crippen molar-refractivity contribution in [1.82, 2.24) is 15.3 Å². The number of aryl methyl sites for hydroxylation is 1. The minimum atomic E-state index is -0.425. The van der Waals surface area contributed by atoms with Gasteiger partial charge >= 0.3 is 5.97 Å². The van der Waals surface area contributed by atoms with Gasteiger partial charge in [-0.25, -0.2) is 9.78 Å². The quantitative estimate of drug-likeness (QED) is 0.573. The molecule has 0 fully saturated rings. The topological polar surface area (TPSA) is 84.1 Å². The summed E-state index contributed by atoms with van der Waals surface area (Å²) < 4.78 is 5.08. The minimum Gasteiger partial charge on any atom is -0.462 e. The number of halogens is 1. The molecule has 3 aromatic rings. The normalized spacial score (nSPS) is 13.5. The molecular formula is C20H22ClN3O3S. The van der Waals surface area contributed by atoms with Gasteiger partial charge in [-0.15, -0.1) is 11.3 Å². The van der Waals surface area contributed by atoms with Crippen LogP contribution >= 0.6 is 22.9 Å². The number of rotatable bonds is 6. The number of carbonyl (C=O) groups excluding carboxylic acids is 1. The number of aromatic amines is 1. The number of nitrogens with zero attached hydrogens (tertiary/aromatic N) is 1. The molecule has 2 N–H and O–H groups in total. The van der Waals surface area contributed by atoms with Crippen molar-refractivity contribution in [2.45, 2.75) is 39.8 Å². The maximum absolute atomic E-state index is 12.6. The Kier molecular flexibility index (Phi) is 6.17. The largest absolute Gasteiger partial charge is 0.462 e. The summed E-state index contributed by atoms with van der Waals surface area (Å²) in [5, 5.41) is 4.55. The van der Waals surface area contributed by atoms with Gasteiger partial charge in [-0.05, 0) is 51.0 Å². The first-order valence-corrected chi connectivity index (χ1v) is 10.2. The molecule has 2 heterocycles. The summed E-state index contributed by atoms with van der Waals surface area (Å²) in [4.78, 5) is 33.1. The lowest BCUT2D eigenvalue weighted by Gasteiger charge is -2.20. The highest BCUT2D eigenvalue weighted by atomic mass is 35.5. The number of nitrogens with one attached hydrogen (secondary N) is 2. The van der Waals surface area contributed by atoms with E-state index in [9.17, 15) is 9.59 Å². The molecule has 0 aliphatic rings. The van der Waals surface area contributed by atoms with Crippen molar-refractivity contribution >= 4 is 39.1 Å². The molecule has 0 bridgehead atoms. The van der Waals surface area contributed by atoms with Crippen LogP contribution in [0.5, 0.6) is 0 Å². The fraction of sp³-hybridized carbons (Fsp3) is 0.350. The Morgan fingerprint density at radius 2 is 1.96 bits per heavy atom. The van der Waals surface area contributed by atoms with Gasteiger partial charge in [0.1, 0.15) is 15.5 Å². The maximum atomic E-state index is 12.6. The van der Waals surface area contributed by atoms with Crippen LogP contribution in [0.25, 0.3) is 10.2 Å². The van der Waals surface area contributed by atoms with Crippen LogP contribution in [0.1, 0.15) is 59.5 Å². The lowest BCUT2D eigenvalue weighted by Crippen LogP contribution is -2.26. The molecule has 0 aliphatic heterocycles. The second-order valence-electron chi connectivity index (χ2n) is 6.57. The smallest absolute Gasteiger partial charge is 0.348 e. The average Bonchev–Trinajstić information content (AvgIpc) is 2.99. The lowest BCUT2D eigenvalue weighted by molar-refractivity contribution is 0.0531. The Morgan fingerprint density at radius 3 is 2.61 bits per heavy atom. The Labute approximate surface area is 171 Å². The van der Waals surface area contributed by atoms with Crippen molar-refractivity contribution in [3.8, 4) is 0 Å². The highest BCUT2D eigenvalue weighted by Crippen LogP contribution is 2.28. The first-order chi connectivity index (χ1) is 13.3. The van der Waals surface area contributed by atoms with Gasteiger partial charge < -0.3 is 15.0 Å². The van der Waals surface area contributed by atoms with Gasteiger partial charge in [-0.2, -0.15) is 0 Å².